The second-order valence-electron chi connectivity index (χ2n) is 6.16. The first-order valence-corrected chi connectivity index (χ1v) is 9.83. The van der Waals surface area contributed by atoms with Gasteiger partial charge in [-0.1, -0.05) is 30.0 Å². The molecule has 0 fully saturated rings. The molecule has 6 nitrogen and oxygen atoms in total. The van der Waals surface area contributed by atoms with Gasteiger partial charge in [-0.25, -0.2) is 8.78 Å². The van der Waals surface area contributed by atoms with Gasteiger partial charge >= 0.3 is 0 Å². The second-order valence-corrected chi connectivity index (χ2v) is 7.10. The molecule has 0 aliphatic rings. The fourth-order valence-corrected chi connectivity index (χ4v) is 3.66. The highest BCUT2D eigenvalue weighted by atomic mass is 32.2. The summed E-state index contributed by atoms with van der Waals surface area (Å²) in [6.07, 6.45) is 0. The predicted molar refractivity (Wildman–Crippen MR) is 107 cm³/mol. The third kappa shape index (κ3) is 4.00. The molecule has 29 heavy (non-hydrogen) atoms. The van der Waals surface area contributed by atoms with Gasteiger partial charge in [0.1, 0.15) is 17.2 Å². The van der Waals surface area contributed by atoms with Gasteiger partial charge in [0.2, 0.25) is 11.7 Å². The van der Waals surface area contributed by atoms with Crippen LogP contribution in [0, 0.1) is 11.6 Å². The average Bonchev–Trinajstić information content (AvgIpc) is 3.31. The summed E-state index contributed by atoms with van der Waals surface area (Å²) in [5, 5.41) is 12.3. The van der Waals surface area contributed by atoms with E-state index in [0.717, 1.165) is 23.1 Å². The summed E-state index contributed by atoms with van der Waals surface area (Å²) in [5.74, 6) is -0.816. The smallest absolute Gasteiger partial charge is 0.234 e. The summed E-state index contributed by atoms with van der Waals surface area (Å²) >= 11 is 1.17. The number of furan rings is 1. The first-order valence-electron chi connectivity index (χ1n) is 8.85. The van der Waals surface area contributed by atoms with Crippen molar-refractivity contribution in [3.8, 4) is 11.6 Å². The van der Waals surface area contributed by atoms with E-state index in [0.29, 0.717) is 23.3 Å². The molecule has 2 heterocycles. The Morgan fingerprint density at radius 1 is 1.17 bits per heavy atom. The number of amides is 1. The molecule has 4 rings (SSSR count). The van der Waals surface area contributed by atoms with Crippen LogP contribution in [0.5, 0.6) is 0 Å². The fraction of sp³-hybridized carbons (Fsp3) is 0.150. The molecule has 148 valence electrons. The summed E-state index contributed by atoms with van der Waals surface area (Å²) in [4.78, 5) is 12.1. The topological polar surface area (TPSA) is 73.0 Å². The zero-order valence-electron chi connectivity index (χ0n) is 15.4. The number of benzene rings is 2. The molecular weight excluding hydrogens is 398 g/mol. The van der Waals surface area contributed by atoms with Crippen molar-refractivity contribution in [2.24, 2.45) is 0 Å². The SMILES string of the molecule is CCn1c(SCC(=O)Nc2ccc(F)cc2F)nnc1-c1cc2ccccc2o1. The van der Waals surface area contributed by atoms with Crippen molar-refractivity contribution in [2.75, 3.05) is 11.1 Å². The number of anilines is 1. The molecule has 0 saturated carbocycles. The van der Waals surface area contributed by atoms with Gasteiger partial charge in [-0.15, -0.1) is 10.2 Å². The normalized spacial score (nSPS) is 11.1. The average molecular weight is 414 g/mol. The van der Waals surface area contributed by atoms with Gasteiger partial charge in [-0.3, -0.25) is 9.36 Å². The summed E-state index contributed by atoms with van der Waals surface area (Å²) in [7, 11) is 0. The molecule has 0 saturated heterocycles. The molecule has 0 bridgehead atoms. The molecule has 4 aromatic rings. The van der Waals surface area contributed by atoms with Crippen molar-refractivity contribution in [3.05, 3.63) is 60.2 Å². The van der Waals surface area contributed by atoms with Crippen LogP contribution in [0.2, 0.25) is 0 Å². The molecule has 0 atom stereocenters. The number of carbonyl (C=O) groups is 1. The molecule has 2 aromatic heterocycles. The van der Waals surface area contributed by atoms with Crippen LogP contribution in [-0.4, -0.2) is 26.4 Å². The predicted octanol–water partition coefficient (Wildman–Crippen LogP) is 4.72. The molecule has 0 aliphatic heterocycles. The lowest BCUT2D eigenvalue weighted by Gasteiger charge is -2.07. The number of fused-ring (bicyclic) bond motifs is 1. The van der Waals surface area contributed by atoms with E-state index >= 15 is 0 Å². The van der Waals surface area contributed by atoms with Gasteiger partial charge in [0, 0.05) is 18.0 Å². The summed E-state index contributed by atoms with van der Waals surface area (Å²) in [6, 6.07) is 12.5. The minimum absolute atomic E-state index is 0.00488. The number of thioether (sulfide) groups is 1. The Labute approximate surface area is 168 Å². The summed E-state index contributed by atoms with van der Waals surface area (Å²) in [6.45, 7) is 2.52. The van der Waals surface area contributed by atoms with Crippen molar-refractivity contribution in [2.45, 2.75) is 18.6 Å². The Morgan fingerprint density at radius 2 is 2.00 bits per heavy atom. The molecule has 0 spiro atoms. The number of rotatable bonds is 6. The first-order chi connectivity index (χ1) is 14.0. The standard InChI is InChI=1S/C20H16F2N4O2S/c1-2-26-19(17-9-12-5-3-4-6-16(12)28-17)24-25-20(26)29-11-18(27)23-15-8-7-13(21)10-14(15)22/h3-10H,2,11H2,1H3,(H,23,27). The Kier molecular flexibility index (Phi) is 5.30. The number of nitrogens with zero attached hydrogens (tertiary/aromatic N) is 3. The van der Waals surface area contributed by atoms with Crippen molar-refractivity contribution < 1.29 is 18.0 Å². The molecule has 1 N–H and O–H groups in total. The minimum atomic E-state index is -0.827. The van der Waals surface area contributed by atoms with E-state index in [1.807, 2.05) is 41.8 Å². The van der Waals surface area contributed by atoms with Crippen molar-refractivity contribution in [1.29, 1.82) is 0 Å². The number of hydrogen-bond acceptors (Lipinski definition) is 5. The maximum atomic E-state index is 13.7. The van der Waals surface area contributed by atoms with E-state index in [9.17, 15) is 13.6 Å². The van der Waals surface area contributed by atoms with Gasteiger partial charge < -0.3 is 9.73 Å². The number of halogens is 2. The summed E-state index contributed by atoms with van der Waals surface area (Å²) < 4.78 is 34.3. The number of aromatic nitrogens is 3. The quantitative estimate of drug-likeness (QED) is 0.462. The highest BCUT2D eigenvalue weighted by molar-refractivity contribution is 7.99. The molecule has 0 unspecified atom stereocenters. The van der Waals surface area contributed by atoms with Gasteiger partial charge in [-0.05, 0) is 31.2 Å². The fourth-order valence-electron chi connectivity index (χ4n) is 2.86. The second kappa shape index (κ2) is 8.04. The Hall–Kier alpha value is -3.20. The monoisotopic (exact) mass is 414 g/mol. The first kappa shape index (κ1) is 19.1. The highest BCUT2D eigenvalue weighted by Gasteiger charge is 2.18. The molecule has 0 radical (unpaired) electrons. The highest BCUT2D eigenvalue weighted by Crippen LogP contribution is 2.29. The van der Waals surface area contributed by atoms with Crippen molar-refractivity contribution in [3.63, 3.8) is 0 Å². The van der Waals surface area contributed by atoms with E-state index in [2.05, 4.69) is 15.5 Å². The lowest BCUT2D eigenvalue weighted by atomic mass is 10.2. The number of nitrogens with one attached hydrogen (secondary N) is 1. The lowest BCUT2D eigenvalue weighted by Crippen LogP contribution is -2.15. The van der Waals surface area contributed by atoms with E-state index < -0.39 is 17.5 Å². The van der Waals surface area contributed by atoms with Crippen LogP contribution in [0.1, 0.15) is 6.92 Å². The zero-order chi connectivity index (χ0) is 20.4. The maximum Gasteiger partial charge on any atom is 0.234 e. The number of para-hydroxylation sites is 1. The van der Waals surface area contributed by atoms with Crippen LogP contribution < -0.4 is 5.32 Å². The Bertz CT molecular complexity index is 1160. The van der Waals surface area contributed by atoms with E-state index in [-0.39, 0.29) is 11.4 Å². The van der Waals surface area contributed by atoms with Crippen molar-refractivity contribution >= 4 is 34.3 Å². The van der Waals surface area contributed by atoms with Crippen LogP contribution >= 0.6 is 11.8 Å². The molecular formula is C20H16F2N4O2S. The minimum Gasteiger partial charge on any atom is -0.453 e. The Balaban J connectivity index is 1.48. The molecule has 0 aliphatic carbocycles. The largest absolute Gasteiger partial charge is 0.453 e. The third-order valence-corrected chi connectivity index (χ3v) is 5.18. The lowest BCUT2D eigenvalue weighted by molar-refractivity contribution is -0.113. The molecule has 9 heteroatoms. The van der Waals surface area contributed by atoms with Gasteiger partial charge in [0.25, 0.3) is 0 Å². The van der Waals surface area contributed by atoms with Gasteiger partial charge in [-0.2, -0.15) is 0 Å². The molecule has 1 amide bonds. The van der Waals surface area contributed by atoms with E-state index in [1.54, 1.807) is 0 Å². The summed E-state index contributed by atoms with van der Waals surface area (Å²) in [5.41, 5.74) is 0.681. The van der Waals surface area contributed by atoms with Crippen molar-refractivity contribution in [1.82, 2.24) is 14.8 Å². The van der Waals surface area contributed by atoms with Crippen LogP contribution in [0.15, 0.2) is 58.1 Å². The van der Waals surface area contributed by atoms with Crippen LogP contribution in [0.3, 0.4) is 0 Å². The molecule has 2 aromatic carbocycles. The Morgan fingerprint density at radius 3 is 2.76 bits per heavy atom. The zero-order valence-corrected chi connectivity index (χ0v) is 16.2. The van der Waals surface area contributed by atoms with E-state index in [1.165, 1.54) is 17.8 Å². The van der Waals surface area contributed by atoms with E-state index in [4.69, 9.17) is 4.42 Å². The number of carbonyl (C=O) groups excluding carboxylic acids is 1. The van der Waals surface area contributed by atoms with Crippen LogP contribution in [-0.2, 0) is 11.3 Å². The van der Waals surface area contributed by atoms with Crippen LogP contribution in [0.4, 0.5) is 14.5 Å². The van der Waals surface area contributed by atoms with Gasteiger partial charge in [0.15, 0.2) is 10.9 Å². The maximum absolute atomic E-state index is 13.7. The third-order valence-electron chi connectivity index (χ3n) is 4.22. The van der Waals surface area contributed by atoms with Gasteiger partial charge in [0.05, 0.1) is 11.4 Å². The number of hydrogen-bond donors (Lipinski definition) is 1. The van der Waals surface area contributed by atoms with Crippen LogP contribution in [0.25, 0.3) is 22.6 Å².